The highest BCUT2D eigenvalue weighted by molar-refractivity contribution is 5.66. The van der Waals surface area contributed by atoms with E-state index >= 15 is 0 Å². The highest BCUT2D eigenvalue weighted by atomic mass is 16.3. The smallest absolute Gasteiger partial charge is 0.186 e. The van der Waals surface area contributed by atoms with Crippen molar-refractivity contribution >= 4 is 6.08 Å². The fraction of sp³-hybridized carbons (Fsp3) is 0.357. The van der Waals surface area contributed by atoms with E-state index < -0.39 is 17.9 Å². The maximum Gasteiger partial charge on any atom is 0.186 e. The van der Waals surface area contributed by atoms with Crippen LogP contribution in [-0.2, 0) is 0 Å². The van der Waals surface area contributed by atoms with Gasteiger partial charge in [-0.15, -0.1) is 0 Å². The van der Waals surface area contributed by atoms with E-state index in [0.717, 1.165) is 0 Å². The third-order valence-electron chi connectivity index (χ3n) is 7.57. The van der Waals surface area contributed by atoms with Crippen LogP contribution in [0.1, 0.15) is 61.6 Å². The fourth-order valence-electron chi connectivity index (χ4n) is 5.96. The summed E-state index contributed by atoms with van der Waals surface area (Å²) in [6, 6.07) is 1.34. The van der Waals surface area contributed by atoms with Crippen LogP contribution >= 0.6 is 0 Å². The van der Waals surface area contributed by atoms with Gasteiger partial charge < -0.3 is 29.9 Å². The summed E-state index contributed by atoms with van der Waals surface area (Å²) >= 11 is 0. The number of benzene rings is 1. The molecule has 1 aliphatic heterocycles. The Balaban J connectivity index is 1.67. The first-order valence-corrected chi connectivity index (χ1v) is 12.0. The zero-order valence-electron chi connectivity index (χ0n) is 20.5. The third-order valence-corrected chi connectivity index (χ3v) is 7.57. The first kappa shape index (κ1) is 23.9. The second kappa shape index (κ2) is 8.41. The first-order valence-electron chi connectivity index (χ1n) is 12.0. The number of rotatable bonds is 2. The van der Waals surface area contributed by atoms with Gasteiger partial charge in [-0.05, 0) is 48.6 Å². The predicted molar refractivity (Wildman–Crippen MR) is 134 cm³/mol. The molecule has 188 valence electrons. The Morgan fingerprint density at radius 2 is 1.69 bits per heavy atom. The zero-order chi connectivity index (χ0) is 26.0. The second-order valence-electron chi connectivity index (χ2n) is 10.1. The van der Waals surface area contributed by atoms with E-state index in [1.54, 1.807) is 26.0 Å². The summed E-state index contributed by atoms with van der Waals surface area (Å²) in [5, 5.41) is 52.0. The number of hydrogen-bond acceptors (Lipinski definition) is 8. The molecule has 5 N–H and O–H groups in total. The molecule has 8 nitrogen and oxygen atoms in total. The molecular formula is C28H29NO7. The number of aliphatic hydroxyl groups is 5. The van der Waals surface area contributed by atoms with E-state index in [0.29, 0.717) is 39.4 Å². The molecule has 0 bridgehead atoms. The Morgan fingerprint density at radius 3 is 2.36 bits per heavy atom. The molecule has 0 aromatic heterocycles. The number of hydrogen-bond donors (Lipinski definition) is 5. The van der Waals surface area contributed by atoms with Crippen molar-refractivity contribution in [1.82, 2.24) is 4.98 Å². The van der Waals surface area contributed by atoms with Crippen LogP contribution in [0.3, 0.4) is 0 Å². The van der Waals surface area contributed by atoms with Gasteiger partial charge in [0.05, 0.1) is 23.5 Å². The number of aliphatic hydroxyl groups excluding tert-OH is 5. The van der Waals surface area contributed by atoms with Gasteiger partial charge >= 0.3 is 0 Å². The van der Waals surface area contributed by atoms with Crippen LogP contribution in [0.15, 0.2) is 67.7 Å². The molecule has 1 heterocycles. The SMILES string of the molecule is CC1=C(C2C(O)=Cc3oc4cc(=O)c([C@@H]5C(O)=CC(O)=CC5C)c(C)c-4nc3C2C)C(O)CC(O)=C1. The predicted octanol–water partition coefficient (Wildman–Crippen LogP) is 5.22. The van der Waals surface area contributed by atoms with E-state index in [4.69, 9.17) is 9.40 Å². The average Bonchev–Trinajstić information content (AvgIpc) is 2.76. The number of allylic oxidation sites excluding steroid dienone is 6. The molecule has 5 atom stereocenters. The van der Waals surface area contributed by atoms with Crippen LogP contribution in [-0.4, -0.2) is 36.6 Å². The van der Waals surface area contributed by atoms with Crippen LogP contribution in [0.5, 0.6) is 0 Å². The molecule has 0 amide bonds. The summed E-state index contributed by atoms with van der Waals surface area (Å²) in [7, 11) is 0. The molecular weight excluding hydrogens is 462 g/mol. The summed E-state index contributed by atoms with van der Waals surface area (Å²) in [6.07, 6.45) is 5.03. The minimum atomic E-state index is -0.944. The highest BCUT2D eigenvalue weighted by Crippen LogP contribution is 2.46. The van der Waals surface area contributed by atoms with Gasteiger partial charge in [-0.2, -0.15) is 0 Å². The van der Waals surface area contributed by atoms with Gasteiger partial charge in [-0.1, -0.05) is 13.8 Å². The molecule has 4 aliphatic carbocycles. The third kappa shape index (κ3) is 3.64. The molecule has 5 aliphatic rings. The van der Waals surface area contributed by atoms with Gasteiger partial charge in [-0.3, -0.25) is 4.79 Å². The summed E-state index contributed by atoms with van der Waals surface area (Å²) in [5.74, 6) is -1.33. The molecule has 0 aromatic rings. The van der Waals surface area contributed by atoms with Crippen molar-refractivity contribution in [2.75, 3.05) is 0 Å². The van der Waals surface area contributed by atoms with Gasteiger partial charge in [0.1, 0.15) is 23.0 Å². The largest absolute Gasteiger partial charge is 0.512 e. The van der Waals surface area contributed by atoms with Gasteiger partial charge in [0.25, 0.3) is 0 Å². The van der Waals surface area contributed by atoms with Gasteiger partial charge in [0.15, 0.2) is 16.9 Å². The first-order chi connectivity index (χ1) is 17.0. The highest BCUT2D eigenvalue weighted by Gasteiger charge is 2.40. The van der Waals surface area contributed by atoms with Crippen molar-refractivity contribution in [2.24, 2.45) is 11.8 Å². The molecule has 8 heteroatoms. The Hall–Kier alpha value is -3.78. The number of aromatic nitrogens is 1. The van der Waals surface area contributed by atoms with E-state index in [2.05, 4.69) is 0 Å². The minimum Gasteiger partial charge on any atom is -0.512 e. The van der Waals surface area contributed by atoms with Crippen molar-refractivity contribution in [3.05, 3.63) is 91.3 Å². The Bertz CT molecular complexity index is 1450. The summed E-state index contributed by atoms with van der Waals surface area (Å²) in [5.41, 5.74) is 2.97. The van der Waals surface area contributed by atoms with Gasteiger partial charge in [-0.25, -0.2) is 4.98 Å². The van der Waals surface area contributed by atoms with Crippen molar-refractivity contribution in [3.63, 3.8) is 0 Å². The lowest BCUT2D eigenvalue weighted by molar-refractivity contribution is 0.165. The lowest BCUT2D eigenvalue weighted by atomic mass is 9.74. The summed E-state index contributed by atoms with van der Waals surface area (Å²) in [6.45, 7) is 7.24. The molecule has 0 saturated carbocycles. The average molecular weight is 492 g/mol. The topological polar surface area (TPSA) is 144 Å². The maximum absolute atomic E-state index is 13.1. The zero-order valence-corrected chi connectivity index (χ0v) is 20.5. The number of fused-ring (bicyclic) bond motifs is 2. The molecule has 0 radical (unpaired) electrons. The van der Waals surface area contributed by atoms with Crippen molar-refractivity contribution in [3.8, 4) is 11.5 Å². The van der Waals surface area contributed by atoms with Crippen LogP contribution in [0, 0.1) is 18.8 Å². The van der Waals surface area contributed by atoms with E-state index in [1.165, 1.54) is 18.2 Å². The lowest BCUT2D eigenvalue weighted by Crippen LogP contribution is -2.30. The van der Waals surface area contributed by atoms with Crippen molar-refractivity contribution in [2.45, 2.75) is 52.1 Å². The minimum absolute atomic E-state index is 0.0106. The molecule has 5 rings (SSSR count). The molecule has 4 unspecified atom stereocenters. The van der Waals surface area contributed by atoms with E-state index in [1.807, 2.05) is 13.8 Å². The molecule has 0 spiro atoms. The molecule has 0 fully saturated rings. The Labute approximate surface area is 207 Å². The van der Waals surface area contributed by atoms with Gasteiger partial charge in [0.2, 0.25) is 0 Å². The van der Waals surface area contributed by atoms with Crippen LogP contribution in [0.25, 0.3) is 17.5 Å². The molecule has 36 heavy (non-hydrogen) atoms. The normalized spacial score (nSPS) is 28.3. The Kier molecular flexibility index (Phi) is 5.59. The van der Waals surface area contributed by atoms with Crippen molar-refractivity contribution in [1.29, 1.82) is 0 Å². The van der Waals surface area contributed by atoms with Gasteiger partial charge in [0, 0.05) is 42.0 Å². The quantitative estimate of drug-likeness (QED) is 0.385. The maximum atomic E-state index is 13.1. The summed E-state index contributed by atoms with van der Waals surface area (Å²) < 4.78 is 6.05. The monoisotopic (exact) mass is 491 g/mol. The van der Waals surface area contributed by atoms with Crippen molar-refractivity contribution < 1.29 is 29.9 Å². The summed E-state index contributed by atoms with van der Waals surface area (Å²) in [4.78, 5) is 18.0. The number of nitrogens with zero attached hydrogens (tertiary/aromatic N) is 1. The second-order valence-corrected chi connectivity index (χ2v) is 10.1. The van der Waals surface area contributed by atoms with Crippen LogP contribution in [0.2, 0.25) is 0 Å². The molecule has 0 aromatic carbocycles. The standard InChI is InChI=1S/C28H29NO7/c1-11-5-15(30)7-17(32)23(11)25-13(3)27-21(9-19(25)34)36-22-10-20(35)26(14(4)28(22)29-27)24-12(2)6-16(31)8-18(24)33/h5-7,9-11,14,18,23,26,30-33,35H,8H2,1-4H3/t11?,14?,18?,23-,26?/m0/s1. The molecule has 0 saturated heterocycles. The van der Waals surface area contributed by atoms with E-state index in [9.17, 15) is 30.3 Å². The van der Waals surface area contributed by atoms with Crippen LogP contribution in [0.4, 0.5) is 0 Å². The lowest BCUT2D eigenvalue weighted by Gasteiger charge is -2.35. The fourth-order valence-corrected chi connectivity index (χ4v) is 5.96. The Morgan fingerprint density at radius 1 is 1.00 bits per heavy atom. The van der Waals surface area contributed by atoms with E-state index in [-0.39, 0.29) is 52.5 Å². The van der Waals surface area contributed by atoms with Crippen LogP contribution < -0.4 is 5.43 Å².